The second-order valence-electron chi connectivity index (χ2n) is 8.53. The number of nitrogens with one attached hydrogen (secondary N) is 1. The van der Waals surface area contributed by atoms with E-state index in [2.05, 4.69) is 25.4 Å². The third-order valence-electron chi connectivity index (χ3n) is 5.92. The van der Waals surface area contributed by atoms with Crippen molar-refractivity contribution in [2.75, 3.05) is 13.1 Å². The number of benzene rings is 1. The van der Waals surface area contributed by atoms with Crippen LogP contribution in [0.4, 0.5) is 26.3 Å². The van der Waals surface area contributed by atoms with Crippen LogP contribution in [0.5, 0.6) is 0 Å². The second-order valence-corrected chi connectivity index (χ2v) is 8.53. The minimum Gasteiger partial charge on any atom is -0.342 e. The van der Waals surface area contributed by atoms with E-state index in [0.717, 1.165) is 23.9 Å². The van der Waals surface area contributed by atoms with Crippen molar-refractivity contribution >= 4 is 11.8 Å². The average Bonchev–Trinajstić information content (AvgIpc) is 3.58. The average molecular weight is 541 g/mol. The Morgan fingerprint density at radius 2 is 1.50 bits per heavy atom. The second kappa shape index (κ2) is 10.4. The van der Waals surface area contributed by atoms with Gasteiger partial charge in [-0.15, -0.1) is 0 Å². The SMILES string of the molecule is CC[C@H](NC(=O)c1cc(C(F)(F)F)cc(C(F)(F)F)c1)c1ncnn1-c1ncc(C(=O)N2CCCC2)cn1. The number of halogens is 6. The number of nitrogens with zero attached hydrogens (tertiary/aromatic N) is 6. The minimum atomic E-state index is -5.10. The van der Waals surface area contributed by atoms with Crippen LogP contribution in [-0.4, -0.2) is 54.5 Å². The highest BCUT2D eigenvalue weighted by molar-refractivity contribution is 5.95. The molecule has 1 aromatic carbocycles. The van der Waals surface area contributed by atoms with Crippen LogP contribution in [0.25, 0.3) is 5.95 Å². The summed E-state index contributed by atoms with van der Waals surface area (Å²) in [6.07, 6.45) is -4.46. The van der Waals surface area contributed by atoms with Gasteiger partial charge in [-0.3, -0.25) is 9.59 Å². The van der Waals surface area contributed by atoms with Gasteiger partial charge in [0, 0.05) is 31.0 Å². The summed E-state index contributed by atoms with van der Waals surface area (Å²) in [7, 11) is 0. The molecule has 9 nitrogen and oxygen atoms in total. The van der Waals surface area contributed by atoms with E-state index in [1.807, 2.05) is 0 Å². The topological polar surface area (TPSA) is 106 Å². The van der Waals surface area contributed by atoms with E-state index < -0.39 is 41.0 Å². The molecule has 1 saturated heterocycles. The summed E-state index contributed by atoms with van der Waals surface area (Å²) >= 11 is 0. The highest BCUT2D eigenvalue weighted by Crippen LogP contribution is 2.36. The van der Waals surface area contributed by atoms with Gasteiger partial charge in [0.1, 0.15) is 6.33 Å². The number of alkyl halides is 6. The predicted molar refractivity (Wildman–Crippen MR) is 119 cm³/mol. The van der Waals surface area contributed by atoms with Gasteiger partial charge in [-0.1, -0.05) is 6.92 Å². The third kappa shape index (κ3) is 5.75. The molecule has 3 aromatic rings. The van der Waals surface area contributed by atoms with Crippen molar-refractivity contribution < 1.29 is 35.9 Å². The Labute approximate surface area is 211 Å². The molecule has 0 unspecified atom stereocenters. The van der Waals surface area contributed by atoms with Crippen molar-refractivity contribution in [1.82, 2.24) is 34.9 Å². The fourth-order valence-electron chi connectivity index (χ4n) is 3.96. The Balaban J connectivity index is 1.58. The molecule has 2 aromatic heterocycles. The summed E-state index contributed by atoms with van der Waals surface area (Å²) in [6.45, 7) is 2.90. The molecule has 1 aliphatic rings. The van der Waals surface area contributed by atoms with Gasteiger partial charge in [0.05, 0.1) is 22.7 Å². The van der Waals surface area contributed by atoms with Crippen LogP contribution in [0.2, 0.25) is 0 Å². The Kier molecular flexibility index (Phi) is 7.37. The van der Waals surface area contributed by atoms with E-state index in [9.17, 15) is 35.9 Å². The molecule has 1 fully saturated rings. The van der Waals surface area contributed by atoms with Crippen LogP contribution in [-0.2, 0) is 12.4 Å². The van der Waals surface area contributed by atoms with Crippen molar-refractivity contribution in [1.29, 1.82) is 0 Å². The number of aromatic nitrogens is 5. The summed E-state index contributed by atoms with van der Waals surface area (Å²) < 4.78 is 80.4. The lowest BCUT2D eigenvalue weighted by Gasteiger charge is -2.18. The molecule has 0 spiro atoms. The summed E-state index contributed by atoms with van der Waals surface area (Å²) in [5.74, 6) is -1.30. The standard InChI is InChI=1S/C23H21F6N7O2/c1-2-17(34-19(37)13-7-15(22(24,25)26)9-16(8-13)23(27,28)29)18-32-12-33-36(18)21-30-10-14(11-31-21)20(38)35-5-3-4-6-35/h7-12,17H,2-6H2,1H3,(H,34,37)/t17-/m0/s1. The summed E-state index contributed by atoms with van der Waals surface area (Å²) in [6, 6.07) is -0.328. The minimum absolute atomic E-state index is 0.00148. The number of likely N-dealkylation sites (tertiary alicyclic amines) is 1. The van der Waals surface area contributed by atoms with Crippen molar-refractivity contribution in [3.8, 4) is 5.95 Å². The van der Waals surface area contributed by atoms with Crippen molar-refractivity contribution in [2.45, 2.75) is 44.6 Å². The number of hydrogen-bond donors (Lipinski definition) is 1. The van der Waals surface area contributed by atoms with Crippen LogP contribution < -0.4 is 5.32 Å². The first-order chi connectivity index (χ1) is 17.9. The molecule has 15 heteroatoms. The lowest BCUT2D eigenvalue weighted by Crippen LogP contribution is -2.31. The van der Waals surface area contributed by atoms with Crippen molar-refractivity contribution in [3.63, 3.8) is 0 Å². The summed E-state index contributed by atoms with van der Waals surface area (Å²) in [5.41, 5.74) is -3.77. The molecule has 4 rings (SSSR count). The van der Waals surface area contributed by atoms with Gasteiger partial charge in [0.2, 0.25) is 0 Å². The predicted octanol–water partition coefficient (Wildman–Crippen LogP) is 4.21. The highest BCUT2D eigenvalue weighted by atomic mass is 19.4. The Morgan fingerprint density at radius 3 is 2.03 bits per heavy atom. The van der Waals surface area contributed by atoms with E-state index in [0.29, 0.717) is 25.2 Å². The third-order valence-corrected chi connectivity index (χ3v) is 5.92. The maximum Gasteiger partial charge on any atom is 0.416 e. The van der Waals surface area contributed by atoms with E-state index in [-0.39, 0.29) is 35.7 Å². The Bertz CT molecular complexity index is 1280. The van der Waals surface area contributed by atoms with E-state index in [1.54, 1.807) is 11.8 Å². The van der Waals surface area contributed by atoms with E-state index in [1.165, 1.54) is 12.4 Å². The zero-order chi connectivity index (χ0) is 27.7. The first-order valence-electron chi connectivity index (χ1n) is 11.5. The molecule has 202 valence electrons. The number of carbonyl (C=O) groups is 2. The van der Waals surface area contributed by atoms with Crippen LogP contribution in [0.15, 0.2) is 36.9 Å². The molecule has 2 amide bonds. The van der Waals surface area contributed by atoms with E-state index in [4.69, 9.17) is 0 Å². The molecule has 3 heterocycles. The van der Waals surface area contributed by atoms with Gasteiger partial charge >= 0.3 is 12.4 Å². The summed E-state index contributed by atoms with van der Waals surface area (Å²) in [5, 5.41) is 6.42. The van der Waals surface area contributed by atoms with Crippen molar-refractivity contribution in [2.24, 2.45) is 0 Å². The number of amides is 2. The fraction of sp³-hybridized carbons (Fsp3) is 0.391. The van der Waals surface area contributed by atoms with Gasteiger partial charge in [-0.25, -0.2) is 15.0 Å². The van der Waals surface area contributed by atoms with Crippen molar-refractivity contribution in [3.05, 3.63) is 65.0 Å². The molecule has 0 aliphatic carbocycles. The molecular weight excluding hydrogens is 520 g/mol. The van der Waals surface area contributed by atoms with Crippen LogP contribution in [0, 0.1) is 0 Å². The first kappa shape index (κ1) is 27.0. The molecule has 1 N–H and O–H groups in total. The highest BCUT2D eigenvalue weighted by Gasteiger charge is 2.37. The lowest BCUT2D eigenvalue weighted by atomic mass is 10.0. The molecule has 1 atom stereocenters. The van der Waals surface area contributed by atoms with Gasteiger partial charge in [-0.05, 0) is 37.5 Å². The number of carbonyl (C=O) groups excluding carboxylic acids is 2. The van der Waals surface area contributed by atoms with E-state index >= 15 is 0 Å². The largest absolute Gasteiger partial charge is 0.416 e. The number of rotatable bonds is 6. The maximum atomic E-state index is 13.2. The van der Waals surface area contributed by atoms with Gasteiger partial charge < -0.3 is 10.2 Å². The van der Waals surface area contributed by atoms with Crippen LogP contribution in [0.3, 0.4) is 0 Å². The molecule has 38 heavy (non-hydrogen) atoms. The maximum absolute atomic E-state index is 13.2. The summed E-state index contributed by atoms with van der Waals surface area (Å²) in [4.78, 5) is 39.3. The van der Waals surface area contributed by atoms with Crippen LogP contribution in [0.1, 0.15) is 69.9 Å². The molecular formula is C23H21F6N7O2. The smallest absolute Gasteiger partial charge is 0.342 e. The molecule has 0 bridgehead atoms. The normalized spacial score (nSPS) is 15.0. The van der Waals surface area contributed by atoms with Gasteiger partial charge in [0.25, 0.3) is 17.8 Å². The number of hydrogen-bond acceptors (Lipinski definition) is 6. The van der Waals surface area contributed by atoms with Gasteiger partial charge in [0.15, 0.2) is 5.82 Å². The molecule has 1 aliphatic heterocycles. The monoisotopic (exact) mass is 541 g/mol. The van der Waals surface area contributed by atoms with Crippen LogP contribution >= 0.6 is 0 Å². The quantitative estimate of drug-likeness (QED) is 0.469. The zero-order valence-corrected chi connectivity index (χ0v) is 19.8. The molecule has 0 saturated carbocycles. The Morgan fingerprint density at radius 1 is 0.921 bits per heavy atom. The fourth-order valence-corrected chi connectivity index (χ4v) is 3.96. The first-order valence-corrected chi connectivity index (χ1v) is 11.5. The zero-order valence-electron chi connectivity index (χ0n) is 19.8. The van der Waals surface area contributed by atoms with Gasteiger partial charge in [-0.2, -0.15) is 36.1 Å². The lowest BCUT2D eigenvalue weighted by molar-refractivity contribution is -0.143. The molecule has 0 radical (unpaired) electrons. The Hall–Kier alpha value is -4.04.